The Kier molecular flexibility index (Phi) is 3.39. The lowest BCUT2D eigenvalue weighted by molar-refractivity contribution is 0.168. The highest BCUT2D eigenvalue weighted by Crippen LogP contribution is 2.36. The highest BCUT2D eigenvalue weighted by molar-refractivity contribution is 5.45. The average Bonchev–Trinajstić information content (AvgIpc) is 2.88. The molecule has 1 fully saturated rings. The third kappa shape index (κ3) is 2.18. The molecule has 0 amide bonds. The van der Waals surface area contributed by atoms with E-state index >= 15 is 0 Å². The molecule has 3 rings (SSSR count). The Balaban J connectivity index is 1.82. The average molecular weight is 248 g/mol. The van der Waals surface area contributed by atoms with Gasteiger partial charge in [-0.1, -0.05) is 13.0 Å². The minimum Gasteiger partial charge on any atom is -0.454 e. The third-order valence-corrected chi connectivity index (χ3v) is 3.76. The summed E-state index contributed by atoms with van der Waals surface area (Å²) in [6.45, 7) is 7.00. The SMILES string of the molecule is CCC(c1ccc2c(c1)OCO2)N1CCNCC1. The van der Waals surface area contributed by atoms with Crippen LogP contribution in [0.25, 0.3) is 0 Å². The number of benzene rings is 1. The Hall–Kier alpha value is -1.26. The normalized spacial score (nSPS) is 20.9. The lowest BCUT2D eigenvalue weighted by Gasteiger charge is -2.34. The molecule has 4 heteroatoms. The van der Waals surface area contributed by atoms with Crippen LogP contribution in [0.2, 0.25) is 0 Å². The largest absolute Gasteiger partial charge is 0.454 e. The van der Waals surface area contributed by atoms with E-state index in [1.165, 1.54) is 5.56 Å². The first-order valence-corrected chi connectivity index (χ1v) is 6.73. The van der Waals surface area contributed by atoms with Crippen molar-refractivity contribution >= 4 is 0 Å². The van der Waals surface area contributed by atoms with Crippen molar-refractivity contribution in [1.29, 1.82) is 0 Å². The van der Waals surface area contributed by atoms with E-state index in [2.05, 4.69) is 29.3 Å². The summed E-state index contributed by atoms with van der Waals surface area (Å²) >= 11 is 0. The number of piperazine rings is 1. The molecule has 18 heavy (non-hydrogen) atoms. The molecular formula is C14H20N2O2. The zero-order valence-electron chi connectivity index (χ0n) is 10.8. The Morgan fingerprint density at radius 2 is 2.00 bits per heavy atom. The smallest absolute Gasteiger partial charge is 0.231 e. The number of nitrogens with one attached hydrogen (secondary N) is 1. The minimum atomic E-state index is 0.350. The van der Waals surface area contributed by atoms with E-state index < -0.39 is 0 Å². The molecule has 2 heterocycles. The summed E-state index contributed by atoms with van der Waals surface area (Å²) in [6, 6.07) is 6.83. The first kappa shape index (κ1) is 11.8. The number of fused-ring (bicyclic) bond motifs is 1. The molecule has 0 bridgehead atoms. The van der Waals surface area contributed by atoms with E-state index in [-0.39, 0.29) is 0 Å². The molecule has 1 N–H and O–H groups in total. The van der Waals surface area contributed by atoms with Gasteiger partial charge >= 0.3 is 0 Å². The Bertz CT molecular complexity index is 416. The minimum absolute atomic E-state index is 0.350. The predicted octanol–water partition coefficient (Wildman–Crippen LogP) is 1.77. The fourth-order valence-corrected chi connectivity index (χ4v) is 2.82. The second-order valence-corrected chi connectivity index (χ2v) is 4.82. The molecule has 0 saturated carbocycles. The van der Waals surface area contributed by atoms with E-state index in [1.54, 1.807) is 0 Å². The maximum absolute atomic E-state index is 5.47. The molecule has 1 unspecified atom stereocenters. The quantitative estimate of drug-likeness (QED) is 0.884. The van der Waals surface area contributed by atoms with Crippen molar-refractivity contribution in [3.8, 4) is 11.5 Å². The van der Waals surface area contributed by atoms with Crippen molar-refractivity contribution in [3.63, 3.8) is 0 Å². The summed E-state index contributed by atoms with van der Waals surface area (Å²) in [4.78, 5) is 2.55. The maximum atomic E-state index is 5.47. The lowest BCUT2D eigenvalue weighted by Crippen LogP contribution is -2.45. The molecule has 1 aromatic rings. The number of rotatable bonds is 3. The molecule has 0 radical (unpaired) electrons. The second-order valence-electron chi connectivity index (χ2n) is 4.82. The Morgan fingerprint density at radius 3 is 2.78 bits per heavy atom. The van der Waals surface area contributed by atoms with Gasteiger partial charge in [-0.25, -0.2) is 0 Å². The van der Waals surface area contributed by atoms with Crippen molar-refractivity contribution in [2.24, 2.45) is 0 Å². The molecular weight excluding hydrogens is 228 g/mol. The molecule has 1 aromatic carbocycles. The zero-order chi connectivity index (χ0) is 12.4. The van der Waals surface area contributed by atoms with Crippen LogP contribution in [0.5, 0.6) is 11.5 Å². The van der Waals surface area contributed by atoms with Gasteiger partial charge in [-0.05, 0) is 24.1 Å². The second kappa shape index (κ2) is 5.16. The summed E-state index contributed by atoms with van der Waals surface area (Å²) in [5.41, 5.74) is 1.34. The Labute approximate surface area is 108 Å². The van der Waals surface area contributed by atoms with Gasteiger partial charge in [0.05, 0.1) is 0 Å². The van der Waals surface area contributed by atoms with Gasteiger partial charge in [0.15, 0.2) is 11.5 Å². The van der Waals surface area contributed by atoms with Gasteiger partial charge in [-0.15, -0.1) is 0 Å². The number of hydrogen-bond donors (Lipinski definition) is 1. The maximum Gasteiger partial charge on any atom is 0.231 e. The fourth-order valence-electron chi connectivity index (χ4n) is 2.82. The lowest BCUT2D eigenvalue weighted by atomic mass is 10.0. The molecule has 2 aliphatic heterocycles. The van der Waals surface area contributed by atoms with E-state index in [0.717, 1.165) is 44.1 Å². The fraction of sp³-hybridized carbons (Fsp3) is 0.571. The molecule has 1 saturated heterocycles. The first-order chi connectivity index (χ1) is 8.88. The topological polar surface area (TPSA) is 33.7 Å². The van der Waals surface area contributed by atoms with Crippen LogP contribution in [-0.4, -0.2) is 37.9 Å². The number of nitrogens with zero attached hydrogens (tertiary/aromatic N) is 1. The monoisotopic (exact) mass is 248 g/mol. The van der Waals surface area contributed by atoms with Crippen molar-refractivity contribution in [2.75, 3.05) is 33.0 Å². The molecule has 0 aromatic heterocycles. The van der Waals surface area contributed by atoms with Crippen molar-refractivity contribution < 1.29 is 9.47 Å². The van der Waals surface area contributed by atoms with Gasteiger partial charge < -0.3 is 14.8 Å². The van der Waals surface area contributed by atoms with Crippen LogP contribution in [0.3, 0.4) is 0 Å². The van der Waals surface area contributed by atoms with Gasteiger partial charge in [0.2, 0.25) is 6.79 Å². The van der Waals surface area contributed by atoms with Gasteiger partial charge in [0, 0.05) is 32.2 Å². The summed E-state index contributed by atoms with van der Waals surface area (Å²) in [7, 11) is 0. The van der Waals surface area contributed by atoms with E-state index in [4.69, 9.17) is 9.47 Å². The molecule has 1 atom stereocenters. The van der Waals surface area contributed by atoms with Crippen molar-refractivity contribution in [1.82, 2.24) is 10.2 Å². The summed E-state index contributed by atoms with van der Waals surface area (Å²) in [5.74, 6) is 1.76. The molecule has 4 nitrogen and oxygen atoms in total. The van der Waals surface area contributed by atoms with Gasteiger partial charge in [-0.2, -0.15) is 0 Å². The van der Waals surface area contributed by atoms with Crippen LogP contribution in [-0.2, 0) is 0 Å². The zero-order valence-corrected chi connectivity index (χ0v) is 10.8. The van der Waals surface area contributed by atoms with Gasteiger partial charge in [-0.3, -0.25) is 4.90 Å². The van der Waals surface area contributed by atoms with E-state index in [1.807, 2.05) is 6.07 Å². The Morgan fingerprint density at radius 1 is 1.22 bits per heavy atom. The molecule has 0 spiro atoms. The van der Waals surface area contributed by atoms with Crippen LogP contribution >= 0.6 is 0 Å². The van der Waals surface area contributed by atoms with E-state index in [0.29, 0.717) is 12.8 Å². The first-order valence-electron chi connectivity index (χ1n) is 6.73. The summed E-state index contributed by atoms with van der Waals surface area (Å²) < 4.78 is 10.8. The summed E-state index contributed by atoms with van der Waals surface area (Å²) in [5, 5.41) is 3.40. The van der Waals surface area contributed by atoms with Crippen LogP contribution in [0.4, 0.5) is 0 Å². The highest BCUT2D eigenvalue weighted by atomic mass is 16.7. The molecule has 2 aliphatic rings. The third-order valence-electron chi connectivity index (χ3n) is 3.76. The van der Waals surface area contributed by atoms with Crippen molar-refractivity contribution in [2.45, 2.75) is 19.4 Å². The summed E-state index contributed by atoms with van der Waals surface area (Å²) in [6.07, 6.45) is 1.12. The van der Waals surface area contributed by atoms with Gasteiger partial charge in [0.25, 0.3) is 0 Å². The highest BCUT2D eigenvalue weighted by Gasteiger charge is 2.22. The number of hydrogen-bond acceptors (Lipinski definition) is 4. The van der Waals surface area contributed by atoms with Gasteiger partial charge in [0.1, 0.15) is 0 Å². The molecule has 0 aliphatic carbocycles. The van der Waals surface area contributed by atoms with Crippen LogP contribution in [0, 0.1) is 0 Å². The van der Waals surface area contributed by atoms with Crippen molar-refractivity contribution in [3.05, 3.63) is 23.8 Å². The number of ether oxygens (including phenoxy) is 2. The van der Waals surface area contributed by atoms with Crippen LogP contribution in [0.15, 0.2) is 18.2 Å². The van der Waals surface area contributed by atoms with Crippen LogP contribution in [0.1, 0.15) is 24.9 Å². The standard InChI is InChI=1S/C14H20N2O2/c1-2-12(16-7-5-15-6-8-16)11-3-4-13-14(9-11)18-10-17-13/h3-4,9,12,15H,2,5-8,10H2,1H3. The van der Waals surface area contributed by atoms with E-state index in [9.17, 15) is 0 Å². The predicted molar refractivity (Wildman–Crippen MR) is 70.0 cm³/mol. The van der Waals surface area contributed by atoms with Crippen LogP contribution < -0.4 is 14.8 Å². The molecule has 98 valence electrons.